The summed E-state index contributed by atoms with van der Waals surface area (Å²) < 4.78 is 53.0. The van der Waals surface area contributed by atoms with Crippen molar-refractivity contribution >= 4 is 51.6 Å². The predicted octanol–water partition coefficient (Wildman–Crippen LogP) is 4.24. The molecule has 1 aromatic carbocycles. The quantitative estimate of drug-likeness (QED) is 0.302. The van der Waals surface area contributed by atoms with Gasteiger partial charge in [-0.1, -0.05) is 0 Å². The Morgan fingerprint density at radius 1 is 1.24 bits per heavy atom. The first-order chi connectivity index (χ1) is 13.5. The largest absolute Gasteiger partial charge is 0.490 e. The van der Waals surface area contributed by atoms with Gasteiger partial charge in [0, 0.05) is 3.57 Å². The molecule has 0 bridgehead atoms. The summed E-state index contributed by atoms with van der Waals surface area (Å²) in [5.41, 5.74) is 1.35. The van der Waals surface area contributed by atoms with Crippen LogP contribution >= 0.6 is 22.6 Å². The van der Waals surface area contributed by atoms with Gasteiger partial charge in [0.15, 0.2) is 0 Å². The van der Waals surface area contributed by atoms with Crippen LogP contribution in [0.4, 0.5) is 29.1 Å². The SMILES string of the molecule is COC(=O)c1ccc2cncn2c1Nc1ccc(I)cc1F.O=C(O)C(F)(F)F. The van der Waals surface area contributed by atoms with Crippen LogP contribution in [-0.2, 0) is 9.53 Å². The fraction of sp³-hybridized carbons (Fsp3) is 0.118. The van der Waals surface area contributed by atoms with Gasteiger partial charge in [-0.3, -0.25) is 4.40 Å². The van der Waals surface area contributed by atoms with Crippen LogP contribution in [0.15, 0.2) is 42.9 Å². The standard InChI is InChI=1S/C15H11FIN3O2.C2HF3O2/c1-22-15(21)11-4-3-10-7-18-8-20(10)14(11)19-13-5-2-9(17)6-12(13)16;3-2(4,5)1(6)7/h2-8,19H,1H3;(H,6,7). The smallest absolute Gasteiger partial charge is 0.475 e. The van der Waals surface area contributed by atoms with Gasteiger partial charge < -0.3 is 15.2 Å². The number of anilines is 2. The van der Waals surface area contributed by atoms with Crippen LogP contribution < -0.4 is 5.32 Å². The number of benzene rings is 1. The lowest BCUT2D eigenvalue weighted by molar-refractivity contribution is -0.192. The molecular formula is C17H12F4IN3O4. The molecule has 0 saturated carbocycles. The van der Waals surface area contributed by atoms with E-state index in [9.17, 15) is 22.4 Å². The van der Waals surface area contributed by atoms with Crippen LogP contribution in [0.2, 0.25) is 0 Å². The number of nitrogens with zero attached hydrogens (tertiary/aromatic N) is 2. The zero-order valence-electron chi connectivity index (χ0n) is 14.5. The van der Waals surface area contributed by atoms with E-state index in [1.54, 1.807) is 41.2 Å². The third-order valence-electron chi connectivity index (χ3n) is 3.42. The second kappa shape index (κ2) is 9.07. The number of imidazole rings is 1. The highest BCUT2D eigenvalue weighted by atomic mass is 127. The van der Waals surface area contributed by atoms with Crippen molar-refractivity contribution in [3.63, 3.8) is 0 Å². The van der Waals surface area contributed by atoms with Crippen molar-refractivity contribution in [1.29, 1.82) is 0 Å². The Kier molecular flexibility index (Phi) is 7.00. The number of nitrogens with one attached hydrogen (secondary N) is 1. The van der Waals surface area contributed by atoms with Crippen molar-refractivity contribution in [3.8, 4) is 0 Å². The first-order valence-corrected chi connectivity index (χ1v) is 8.68. The van der Waals surface area contributed by atoms with Gasteiger partial charge in [-0.15, -0.1) is 0 Å². The minimum Gasteiger partial charge on any atom is -0.475 e. The number of alkyl halides is 3. The van der Waals surface area contributed by atoms with Crippen molar-refractivity contribution in [2.24, 2.45) is 0 Å². The summed E-state index contributed by atoms with van der Waals surface area (Å²) in [6.07, 6.45) is -1.88. The normalized spacial score (nSPS) is 10.8. The summed E-state index contributed by atoms with van der Waals surface area (Å²) >= 11 is 2.03. The van der Waals surface area contributed by atoms with Crippen LogP contribution in [-0.4, -0.2) is 39.7 Å². The van der Waals surface area contributed by atoms with Gasteiger partial charge in [-0.25, -0.2) is 19.0 Å². The zero-order valence-corrected chi connectivity index (χ0v) is 16.7. The number of hydrogen-bond acceptors (Lipinski definition) is 5. The Morgan fingerprint density at radius 2 is 1.90 bits per heavy atom. The monoisotopic (exact) mass is 525 g/mol. The number of hydrogen-bond donors (Lipinski definition) is 2. The number of carbonyl (C=O) groups excluding carboxylic acids is 1. The Hall–Kier alpha value is -2.90. The van der Waals surface area contributed by atoms with Crippen molar-refractivity contribution in [2.75, 3.05) is 12.4 Å². The lowest BCUT2D eigenvalue weighted by Gasteiger charge is -2.14. The van der Waals surface area contributed by atoms with E-state index in [4.69, 9.17) is 14.6 Å². The number of carboxylic acids is 1. The average Bonchev–Trinajstić information content (AvgIpc) is 3.12. The maximum absolute atomic E-state index is 14.1. The summed E-state index contributed by atoms with van der Waals surface area (Å²) in [6, 6.07) is 8.17. The first-order valence-electron chi connectivity index (χ1n) is 7.60. The molecule has 7 nitrogen and oxygen atoms in total. The van der Waals surface area contributed by atoms with Crippen LogP contribution in [0.3, 0.4) is 0 Å². The molecule has 0 unspecified atom stereocenters. The van der Waals surface area contributed by atoms with Crippen molar-refractivity contribution in [3.05, 3.63) is 57.8 Å². The topological polar surface area (TPSA) is 92.9 Å². The molecule has 12 heteroatoms. The van der Waals surface area contributed by atoms with E-state index in [-0.39, 0.29) is 5.69 Å². The summed E-state index contributed by atoms with van der Waals surface area (Å²) in [5.74, 6) is -3.27. The number of ether oxygens (including phenoxy) is 1. The van der Waals surface area contributed by atoms with Crippen molar-refractivity contribution in [1.82, 2.24) is 9.38 Å². The van der Waals surface area contributed by atoms with Gasteiger partial charge in [-0.2, -0.15) is 13.2 Å². The van der Waals surface area contributed by atoms with Gasteiger partial charge in [-0.05, 0) is 52.9 Å². The minimum absolute atomic E-state index is 0.270. The molecule has 3 aromatic rings. The molecule has 0 radical (unpaired) electrons. The number of methoxy groups -OCH3 is 1. The van der Waals surface area contributed by atoms with Crippen LogP contribution in [0.5, 0.6) is 0 Å². The molecule has 29 heavy (non-hydrogen) atoms. The van der Waals surface area contributed by atoms with Crippen molar-refractivity contribution in [2.45, 2.75) is 6.18 Å². The predicted molar refractivity (Wildman–Crippen MR) is 103 cm³/mol. The van der Waals surface area contributed by atoms with E-state index in [2.05, 4.69) is 10.3 Å². The molecule has 0 amide bonds. The Bertz CT molecular complexity index is 1050. The molecule has 2 N–H and O–H groups in total. The number of rotatable bonds is 3. The van der Waals surface area contributed by atoms with Crippen LogP contribution in [0.25, 0.3) is 5.52 Å². The molecule has 2 heterocycles. The van der Waals surface area contributed by atoms with Gasteiger partial charge in [0.2, 0.25) is 0 Å². The maximum Gasteiger partial charge on any atom is 0.490 e. The fourth-order valence-electron chi connectivity index (χ4n) is 2.11. The second-order valence-corrected chi connectivity index (χ2v) is 6.57. The highest BCUT2D eigenvalue weighted by molar-refractivity contribution is 14.1. The highest BCUT2D eigenvalue weighted by Crippen LogP contribution is 2.26. The van der Waals surface area contributed by atoms with E-state index in [1.807, 2.05) is 22.6 Å². The number of carbonyl (C=O) groups is 2. The maximum atomic E-state index is 14.1. The number of pyridine rings is 1. The number of aromatic nitrogens is 2. The third kappa shape index (κ3) is 5.56. The number of fused-ring (bicyclic) bond motifs is 1. The number of carboxylic acid groups (broad SMARTS) is 1. The van der Waals surface area contributed by atoms with E-state index in [0.29, 0.717) is 11.4 Å². The zero-order chi connectivity index (χ0) is 21.8. The second-order valence-electron chi connectivity index (χ2n) is 5.33. The Balaban J connectivity index is 0.000000370. The van der Waals surface area contributed by atoms with Gasteiger partial charge in [0.05, 0.1) is 24.5 Å². The van der Waals surface area contributed by atoms with Crippen molar-refractivity contribution < 1.29 is 37.0 Å². The molecular weight excluding hydrogens is 513 g/mol. The molecule has 154 valence electrons. The Labute approximate surface area is 174 Å². The fourth-order valence-corrected chi connectivity index (χ4v) is 2.57. The lowest BCUT2D eigenvalue weighted by Crippen LogP contribution is -2.21. The number of aliphatic carboxylic acids is 1. The number of halogens is 5. The third-order valence-corrected chi connectivity index (χ3v) is 4.09. The van der Waals surface area contributed by atoms with E-state index in [0.717, 1.165) is 9.09 Å². The van der Waals surface area contributed by atoms with Crippen LogP contribution in [0.1, 0.15) is 10.4 Å². The van der Waals surface area contributed by atoms with E-state index < -0.39 is 23.9 Å². The molecule has 0 aliphatic carbocycles. The number of esters is 1. The van der Waals surface area contributed by atoms with E-state index >= 15 is 0 Å². The summed E-state index contributed by atoms with van der Waals surface area (Å²) in [5, 5.41) is 10.1. The molecule has 0 fully saturated rings. The molecule has 0 spiro atoms. The van der Waals surface area contributed by atoms with Gasteiger partial charge in [0.25, 0.3) is 0 Å². The molecule has 3 rings (SSSR count). The molecule has 2 aromatic heterocycles. The van der Waals surface area contributed by atoms with Gasteiger partial charge in [0.1, 0.15) is 23.5 Å². The molecule has 0 aliphatic heterocycles. The highest BCUT2D eigenvalue weighted by Gasteiger charge is 2.38. The van der Waals surface area contributed by atoms with E-state index in [1.165, 1.54) is 13.2 Å². The summed E-state index contributed by atoms with van der Waals surface area (Å²) in [6.45, 7) is 0. The molecule has 0 saturated heterocycles. The average molecular weight is 525 g/mol. The molecule has 0 atom stereocenters. The minimum atomic E-state index is -5.08. The first kappa shape index (κ1) is 22.4. The Morgan fingerprint density at radius 3 is 2.45 bits per heavy atom. The lowest BCUT2D eigenvalue weighted by atomic mass is 10.2. The summed E-state index contributed by atoms with van der Waals surface area (Å²) in [4.78, 5) is 24.9. The summed E-state index contributed by atoms with van der Waals surface area (Å²) in [7, 11) is 1.30. The molecule has 0 aliphatic rings. The van der Waals surface area contributed by atoms with Gasteiger partial charge >= 0.3 is 18.1 Å². The van der Waals surface area contributed by atoms with Crippen LogP contribution in [0, 0.1) is 9.39 Å².